The Balaban J connectivity index is 1.54. The lowest BCUT2D eigenvalue weighted by atomic mass is 10.0. The molecule has 1 amide bonds. The van der Waals surface area contributed by atoms with E-state index in [-0.39, 0.29) is 5.91 Å². The number of carbonyl (C=O) groups excluding carboxylic acids is 1. The van der Waals surface area contributed by atoms with Crippen LogP contribution in [0.4, 0.5) is 5.82 Å². The van der Waals surface area contributed by atoms with Gasteiger partial charge in [0.05, 0.1) is 6.20 Å². The largest absolute Gasteiger partial charge is 0.304 e. The molecule has 3 heterocycles. The van der Waals surface area contributed by atoms with Crippen molar-refractivity contribution in [1.29, 1.82) is 0 Å². The molecule has 2 aliphatic rings. The first kappa shape index (κ1) is 11.0. The lowest BCUT2D eigenvalue weighted by molar-refractivity contribution is 0.102. The van der Waals surface area contributed by atoms with Crippen LogP contribution >= 0.6 is 11.6 Å². The number of H-pyrrole nitrogens is 1. The van der Waals surface area contributed by atoms with E-state index in [4.69, 9.17) is 11.6 Å². The molecule has 1 saturated carbocycles. The van der Waals surface area contributed by atoms with Gasteiger partial charge in [-0.15, -0.1) is 0 Å². The maximum Gasteiger partial charge on any atom is 0.277 e. The first-order valence-corrected chi connectivity index (χ1v) is 6.60. The highest BCUT2D eigenvalue weighted by molar-refractivity contribution is 6.33. The van der Waals surface area contributed by atoms with Crippen LogP contribution in [0, 0.1) is 5.41 Å². The quantitative estimate of drug-likeness (QED) is 0.879. The van der Waals surface area contributed by atoms with E-state index in [9.17, 15) is 4.79 Å². The molecule has 2 aromatic rings. The molecule has 98 valence electrons. The molecule has 0 radical (unpaired) electrons. The minimum Gasteiger partial charge on any atom is -0.304 e. The second-order valence-corrected chi connectivity index (χ2v) is 5.81. The summed E-state index contributed by atoms with van der Waals surface area (Å²) < 4.78 is 1.95. The van der Waals surface area contributed by atoms with Crippen LogP contribution in [0.25, 0.3) is 0 Å². The Kier molecular flexibility index (Phi) is 2.09. The molecule has 1 aliphatic heterocycles. The Bertz CT molecular complexity index is 644. The molecular formula is C12H12ClN5O. The van der Waals surface area contributed by atoms with E-state index in [0.29, 0.717) is 21.9 Å². The molecule has 0 atom stereocenters. The summed E-state index contributed by atoms with van der Waals surface area (Å²) >= 11 is 5.86. The fraction of sp³-hybridized carbons (Fsp3) is 0.417. The second kappa shape index (κ2) is 3.60. The Morgan fingerprint density at radius 2 is 2.37 bits per heavy atom. The average Bonchev–Trinajstić information content (AvgIpc) is 2.66. The van der Waals surface area contributed by atoms with Gasteiger partial charge in [-0.3, -0.25) is 14.6 Å². The highest BCUT2D eigenvalue weighted by Crippen LogP contribution is 2.53. The van der Waals surface area contributed by atoms with Crippen molar-refractivity contribution >= 4 is 23.3 Å². The first-order chi connectivity index (χ1) is 9.15. The van der Waals surface area contributed by atoms with Gasteiger partial charge >= 0.3 is 0 Å². The number of hydrogen-bond acceptors (Lipinski definition) is 3. The Morgan fingerprint density at radius 3 is 3.00 bits per heavy atom. The van der Waals surface area contributed by atoms with Crippen molar-refractivity contribution in [2.75, 3.05) is 5.32 Å². The van der Waals surface area contributed by atoms with Gasteiger partial charge in [-0.25, -0.2) is 0 Å². The number of rotatable bonds is 2. The van der Waals surface area contributed by atoms with Crippen molar-refractivity contribution in [2.24, 2.45) is 5.41 Å². The summed E-state index contributed by atoms with van der Waals surface area (Å²) in [6.07, 6.45) is 5.04. The summed E-state index contributed by atoms with van der Waals surface area (Å²) in [6, 6.07) is 1.87. The molecule has 1 spiro atoms. The lowest BCUT2D eigenvalue weighted by Crippen LogP contribution is -2.14. The minimum atomic E-state index is -0.266. The predicted octanol–water partition coefficient (Wildman–Crippen LogP) is 1.85. The molecule has 0 unspecified atom stereocenters. The maximum atomic E-state index is 12.1. The van der Waals surface area contributed by atoms with Crippen LogP contribution in [-0.2, 0) is 13.0 Å². The number of aromatic amines is 1. The zero-order valence-electron chi connectivity index (χ0n) is 10.1. The van der Waals surface area contributed by atoms with Crippen molar-refractivity contribution in [2.45, 2.75) is 25.8 Å². The normalized spacial score (nSPS) is 18.6. The van der Waals surface area contributed by atoms with E-state index in [1.807, 2.05) is 10.7 Å². The van der Waals surface area contributed by atoms with Gasteiger partial charge in [0.2, 0.25) is 0 Å². The molecule has 0 bridgehead atoms. The van der Waals surface area contributed by atoms with Crippen molar-refractivity contribution < 1.29 is 4.79 Å². The van der Waals surface area contributed by atoms with Gasteiger partial charge in [-0.1, -0.05) is 11.6 Å². The van der Waals surface area contributed by atoms with Crippen LogP contribution in [0.15, 0.2) is 12.3 Å². The van der Waals surface area contributed by atoms with Crippen molar-refractivity contribution in [3.8, 4) is 0 Å². The average molecular weight is 278 g/mol. The third kappa shape index (κ3) is 1.74. The summed E-state index contributed by atoms with van der Waals surface area (Å²) in [6.45, 7) is 0.945. The molecule has 4 rings (SSSR count). The highest BCUT2D eigenvalue weighted by atomic mass is 35.5. The second-order valence-electron chi connectivity index (χ2n) is 5.40. The van der Waals surface area contributed by atoms with Crippen LogP contribution in [0.5, 0.6) is 0 Å². The zero-order valence-corrected chi connectivity index (χ0v) is 10.9. The lowest BCUT2D eigenvalue weighted by Gasteiger charge is -2.03. The molecule has 2 N–H and O–H groups in total. The number of hydrogen-bond donors (Lipinski definition) is 2. The third-order valence-corrected chi connectivity index (χ3v) is 4.21. The number of amides is 1. The fourth-order valence-corrected chi connectivity index (χ4v) is 2.79. The molecule has 1 aliphatic carbocycles. The number of nitrogens with zero attached hydrogens (tertiary/aromatic N) is 3. The molecular weight excluding hydrogens is 266 g/mol. The van der Waals surface area contributed by atoms with Gasteiger partial charge in [-0.05, 0) is 30.7 Å². The van der Waals surface area contributed by atoms with Crippen LogP contribution in [0.2, 0.25) is 5.02 Å². The molecule has 0 saturated heterocycles. The molecule has 6 nitrogen and oxygen atoms in total. The van der Waals surface area contributed by atoms with Crippen molar-refractivity contribution in [3.63, 3.8) is 0 Å². The zero-order chi connectivity index (χ0) is 13.0. The van der Waals surface area contributed by atoms with Gasteiger partial charge < -0.3 is 5.32 Å². The van der Waals surface area contributed by atoms with E-state index >= 15 is 0 Å². The SMILES string of the molecule is O=C(Nc1[nH]ncc1Cl)c1cc2n(n1)CC1(CC1)C2. The summed E-state index contributed by atoms with van der Waals surface area (Å²) in [5.41, 5.74) is 2.04. The van der Waals surface area contributed by atoms with Crippen molar-refractivity contribution in [3.05, 3.63) is 28.7 Å². The summed E-state index contributed by atoms with van der Waals surface area (Å²) in [5, 5.41) is 13.8. The van der Waals surface area contributed by atoms with E-state index in [2.05, 4.69) is 20.6 Å². The number of anilines is 1. The standard InChI is InChI=1S/C12H12ClN5O/c13-8-5-14-16-10(8)15-11(19)9-3-7-4-12(1-2-12)6-18(7)17-9/h3,5H,1-2,4,6H2,(H2,14,15,16,19). The van der Waals surface area contributed by atoms with E-state index in [0.717, 1.165) is 18.7 Å². The van der Waals surface area contributed by atoms with Crippen LogP contribution in [-0.4, -0.2) is 25.9 Å². The molecule has 19 heavy (non-hydrogen) atoms. The van der Waals surface area contributed by atoms with Crippen LogP contribution in [0.3, 0.4) is 0 Å². The van der Waals surface area contributed by atoms with Gasteiger partial charge in [0, 0.05) is 12.2 Å². The van der Waals surface area contributed by atoms with Gasteiger partial charge in [0.15, 0.2) is 5.69 Å². The van der Waals surface area contributed by atoms with Crippen LogP contribution < -0.4 is 5.32 Å². The maximum absolute atomic E-state index is 12.1. The Morgan fingerprint density at radius 1 is 1.53 bits per heavy atom. The summed E-state index contributed by atoms with van der Waals surface area (Å²) in [7, 11) is 0. The summed E-state index contributed by atoms with van der Waals surface area (Å²) in [4.78, 5) is 12.1. The van der Waals surface area contributed by atoms with Gasteiger partial charge in [0.25, 0.3) is 5.91 Å². The van der Waals surface area contributed by atoms with Crippen molar-refractivity contribution in [1.82, 2.24) is 20.0 Å². The van der Waals surface area contributed by atoms with Gasteiger partial charge in [-0.2, -0.15) is 10.2 Å². The monoisotopic (exact) mass is 277 g/mol. The predicted molar refractivity (Wildman–Crippen MR) is 69.1 cm³/mol. The summed E-state index contributed by atoms with van der Waals surface area (Å²) in [5.74, 6) is 0.136. The number of fused-ring (bicyclic) bond motifs is 1. The topological polar surface area (TPSA) is 75.6 Å². The number of aromatic nitrogens is 4. The molecule has 2 aromatic heterocycles. The third-order valence-electron chi connectivity index (χ3n) is 3.93. The van der Waals surface area contributed by atoms with Crippen LogP contribution in [0.1, 0.15) is 29.0 Å². The fourth-order valence-electron chi connectivity index (χ4n) is 2.65. The van der Waals surface area contributed by atoms with E-state index in [1.165, 1.54) is 19.0 Å². The first-order valence-electron chi connectivity index (χ1n) is 6.22. The minimum absolute atomic E-state index is 0.266. The molecule has 0 aromatic carbocycles. The number of carbonyl (C=O) groups is 1. The Hall–Kier alpha value is -1.82. The number of nitrogens with one attached hydrogen (secondary N) is 2. The molecule has 1 fully saturated rings. The highest BCUT2D eigenvalue weighted by Gasteiger charge is 2.48. The number of halogens is 1. The van der Waals surface area contributed by atoms with E-state index < -0.39 is 0 Å². The van der Waals surface area contributed by atoms with E-state index in [1.54, 1.807) is 0 Å². The smallest absolute Gasteiger partial charge is 0.277 e. The molecule has 7 heteroatoms. The van der Waals surface area contributed by atoms with Gasteiger partial charge in [0.1, 0.15) is 10.8 Å². The Labute approximate surface area is 114 Å².